The predicted molar refractivity (Wildman–Crippen MR) is 105 cm³/mol. The molecule has 0 bridgehead atoms. The summed E-state index contributed by atoms with van der Waals surface area (Å²) in [5.74, 6) is 0.733. The molecule has 0 unspecified atom stereocenters. The molecule has 0 atom stereocenters. The Bertz CT molecular complexity index is 645. The van der Waals surface area contributed by atoms with Crippen LogP contribution >= 0.6 is 0 Å². The van der Waals surface area contributed by atoms with Gasteiger partial charge in [-0.25, -0.2) is 4.79 Å². The van der Waals surface area contributed by atoms with Gasteiger partial charge in [0.05, 0.1) is 5.54 Å². The molecule has 1 aromatic rings. The third-order valence-corrected chi connectivity index (χ3v) is 7.50. The number of nitrogens with zero attached hydrogens (tertiary/aromatic N) is 3. The van der Waals surface area contributed by atoms with Crippen molar-refractivity contribution in [1.29, 1.82) is 0 Å². The van der Waals surface area contributed by atoms with Crippen LogP contribution in [0, 0.1) is 5.92 Å². The summed E-state index contributed by atoms with van der Waals surface area (Å²) in [7, 11) is 6.40. The normalized spacial score (nSPS) is 32.5. The van der Waals surface area contributed by atoms with E-state index in [4.69, 9.17) is 0 Å². The van der Waals surface area contributed by atoms with E-state index in [0.29, 0.717) is 0 Å². The molecule has 26 heavy (non-hydrogen) atoms. The van der Waals surface area contributed by atoms with Crippen molar-refractivity contribution >= 4 is 6.03 Å². The zero-order valence-corrected chi connectivity index (χ0v) is 16.6. The SMILES string of the molecule is CN1C[C@]2(CC[C@](c3ccccc3)(N(C)C)CC2)N(CC2CCC2)C1=O. The first-order valence-electron chi connectivity index (χ1n) is 10.2. The van der Waals surface area contributed by atoms with Crippen LogP contribution in [0.25, 0.3) is 0 Å². The highest BCUT2D eigenvalue weighted by atomic mass is 16.2. The first kappa shape index (κ1) is 17.8. The van der Waals surface area contributed by atoms with Crippen molar-refractivity contribution in [2.24, 2.45) is 5.92 Å². The monoisotopic (exact) mass is 355 g/mol. The van der Waals surface area contributed by atoms with Crippen LogP contribution in [0.4, 0.5) is 4.79 Å². The standard InChI is InChI=1S/C22H33N3O/c1-23(2)22(19-10-5-4-6-11-19)14-12-21(13-15-22)17-24(3)20(26)25(21)16-18-8-7-9-18/h4-6,10-11,18H,7-9,12-17H2,1-3H3/t21-,22+. The van der Waals surface area contributed by atoms with Gasteiger partial charge in [0, 0.05) is 25.7 Å². The quantitative estimate of drug-likeness (QED) is 0.818. The molecule has 1 aliphatic heterocycles. The van der Waals surface area contributed by atoms with Gasteiger partial charge >= 0.3 is 6.03 Å². The van der Waals surface area contributed by atoms with Crippen molar-refractivity contribution in [2.75, 3.05) is 34.2 Å². The van der Waals surface area contributed by atoms with Crippen molar-refractivity contribution in [2.45, 2.75) is 56.0 Å². The number of amides is 2. The van der Waals surface area contributed by atoms with E-state index in [1.807, 2.05) is 11.9 Å². The number of benzene rings is 1. The number of hydrogen-bond donors (Lipinski definition) is 0. The molecule has 1 heterocycles. The lowest BCUT2D eigenvalue weighted by Gasteiger charge is -2.51. The maximum Gasteiger partial charge on any atom is 0.320 e. The van der Waals surface area contributed by atoms with Crippen LogP contribution in [-0.2, 0) is 5.54 Å². The summed E-state index contributed by atoms with van der Waals surface area (Å²) in [4.78, 5) is 19.5. The lowest BCUT2D eigenvalue weighted by atomic mass is 9.68. The Balaban J connectivity index is 1.57. The molecule has 0 radical (unpaired) electrons. The second kappa shape index (κ2) is 6.56. The first-order chi connectivity index (χ1) is 12.5. The molecule has 2 amide bonds. The number of urea groups is 1. The molecule has 1 saturated heterocycles. The van der Waals surface area contributed by atoms with Crippen molar-refractivity contribution in [3.05, 3.63) is 35.9 Å². The van der Waals surface area contributed by atoms with Crippen LogP contribution in [0.1, 0.15) is 50.5 Å². The van der Waals surface area contributed by atoms with E-state index >= 15 is 0 Å². The van der Waals surface area contributed by atoms with Gasteiger partial charge in [-0.2, -0.15) is 0 Å². The second-order valence-electron chi connectivity index (χ2n) is 9.06. The summed E-state index contributed by atoms with van der Waals surface area (Å²) in [6, 6.07) is 11.2. The molecule has 4 rings (SSSR count). The van der Waals surface area contributed by atoms with Gasteiger partial charge < -0.3 is 9.80 Å². The van der Waals surface area contributed by atoms with E-state index in [1.54, 1.807) is 0 Å². The van der Waals surface area contributed by atoms with Gasteiger partial charge in [0.25, 0.3) is 0 Å². The Morgan fingerprint density at radius 2 is 1.73 bits per heavy atom. The molecule has 4 heteroatoms. The fourth-order valence-corrected chi connectivity index (χ4v) is 5.51. The molecule has 4 nitrogen and oxygen atoms in total. The Kier molecular flexibility index (Phi) is 4.50. The van der Waals surface area contributed by atoms with Crippen LogP contribution in [0.2, 0.25) is 0 Å². The van der Waals surface area contributed by atoms with Crippen molar-refractivity contribution in [3.8, 4) is 0 Å². The molecule has 3 aliphatic rings. The summed E-state index contributed by atoms with van der Waals surface area (Å²) in [5, 5.41) is 0. The zero-order valence-electron chi connectivity index (χ0n) is 16.6. The van der Waals surface area contributed by atoms with Gasteiger partial charge in [-0.1, -0.05) is 36.8 Å². The van der Waals surface area contributed by atoms with Crippen molar-refractivity contribution in [1.82, 2.24) is 14.7 Å². The van der Waals surface area contributed by atoms with E-state index in [0.717, 1.165) is 44.7 Å². The molecule has 2 saturated carbocycles. The van der Waals surface area contributed by atoms with E-state index in [1.165, 1.54) is 24.8 Å². The summed E-state index contributed by atoms with van der Waals surface area (Å²) >= 11 is 0. The molecular weight excluding hydrogens is 322 g/mol. The van der Waals surface area contributed by atoms with Crippen molar-refractivity contribution < 1.29 is 4.79 Å². The first-order valence-corrected chi connectivity index (χ1v) is 10.2. The number of rotatable bonds is 4. The minimum atomic E-state index is 0.0513. The topological polar surface area (TPSA) is 26.8 Å². The molecule has 142 valence electrons. The largest absolute Gasteiger partial charge is 0.325 e. The van der Waals surface area contributed by atoms with Crippen LogP contribution in [0.5, 0.6) is 0 Å². The second-order valence-corrected chi connectivity index (χ2v) is 9.06. The van der Waals surface area contributed by atoms with Crippen molar-refractivity contribution in [3.63, 3.8) is 0 Å². The number of carbonyl (C=O) groups is 1. The highest BCUT2D eigenvalue weighted by Gasteiger charge is 2.54. The fraction of sp³-hybridized carbons (Fsp3) is 0.682. The summed E-state index contributed by atoms with van der Waals surface area (Å²) < 4.78 is 0. The number of hydrogen-bond acceptors (Lipinski definition) is 2. The predicted octanol–water partition coefficient (Wildman–Crippen LogP) is 3.92. The molecular formula is C22H33N3O. The highest BCUT2D eigenvalue weighted by Crippen LogP contribution is 2.49. The van der Waals surface area contributed by atoms with Gasteiger partial charge in [-0.05, 0) is 64.1 Å². The Hall–Kier alpha value is -1.55. The average Bonchev–Trinajstić information content (AvgIpc) is 2.83. The van der Waals surface area contributed by atoms with E-state index in [2.05, 4.69) is 54.2 Å². The van der Waals surface area contributed by atoms with Crippen LogP contribution in [-0.4, -0.2) is 60.5 Å². The molecule has 1 aromatic carbocycles. The van der Waals surface area contributed by atoms with Gasteiger partial charge in [0.2, 0.25) is 0 Å². The third-order valence-electron chi connectivity index (χ3n) is 7.50. The molecule has 1 spiro atoms. The number of carbonyl (C=O) groups excluding carboxylic acids is 1. The molecule has 3 fully saturated rings. The molecule has 0 aromatic heterocycles. The Morgan fingerprint density at radius 1 is 1.08 bits per heavy atom. The molecule has 2 aliphatic carbocycles. The summed E-state index contributed by atoms with van der Waals surface area (Å²) in [5.41, 5.74) is 1.57. The highest BCUT2D eigenvalue weighted by molar-refractivity contribution is 5.78. The molecule has 0 N–H and O–H groups in total. The number of likely N-dealkylation sites (N-methyl/N-ethyl adjacent to an activating group) is 1. The smallest absolute Gasteiger partial charge is 0.320 e. The van der Waals surface area contributed by atoms with E-state index < -0.39 is 0 Å². The van der Waals surface area contributed by atoms with Gasteiger partial charge in [0.15, 0.2) is 0 Å². The Labute approximate surface area is 158 Å². The fourth-order valence-electron chi connectivity index (χ4n) is 5.51. The third kappa shape index (κ3) is 2.74. The van der Waals surface area contributed by atoms with Gasteiger partial charge in [-0.15, -0.1) is 0 Å². The summed E-state index contributed by atoms with van der Waals surface area (Å²) in [6.45, 7) is 1.88. The average molecular weight is 356 g/mol. The van der Waals surface area contributed by atoms with Crippen LogP contribution < -0.4 is 0 Å². The van der Waals surface area contributed by atoms with Crippen LogP contribution in [0.3, 0.4) is 0 Å². The minimum absolute atomic E-state index is 0.0513. The Morgan fingerprint density at radius 3 is 2.27 bits per heavy atom. The van der Waals surface area contributed by atoms with E-state index in [9.17, 15) is 4.79 Å². The van der Waals surface area contributed by atoms with Gasteiger partial charge in [0.1, 0.15) is 0 Å². The zero-order chi connectivity index (χ0) is 18.4. The lowest BCUT2D eigenvalue weighted by Crippen LogP contribution is -2.56. The van der Waals surface area contributed by atoms with Gasteiger partial charge in [-0.3, -0.25) is 4.90 Å². The lowest BCUT2D eigenvalue weighted by molar-refractivity contribution is 0.0162. The van der Waals surface area contributed by atoms with E-state index in [-0.39, 0.29) is 17.1 Å². The van der Waals surface area contributed by atoms with Crippen LogP contribution in [0.15, 0.2) is 30.3 Å². The minimum Gasteiger partial charge on any atom is -0.325 e. The summed E-state index contributed by atoms with van der Waals surface area (Å²) in [6.07, 6.45) is 8.38. The maximum atomic E-state index is 12.9. The maximum absolute atomic E-state index is 12.9.